The van der Waals surface area contributed by atoms with E-state index in [0.29, 0.717) is 18.7 Å². The first-order chi connectivity index (χ1) is 9.58. The van der Waals surface area contributed by atoms with Gasteiger partial charge in [-0.1, -0.05) is 0 Å². The molecule has 0 unspecified atom stereocenters. The van der Waals surface area contributed by atoms with Crippen LogP contribution in [0.2, 0.25) is 0 Å². The number of carbonyl (C=O) groups excluding carboxylic acids is 1. The van der Waals surface area contributed by atoms with Crippen LogP contribution in [0.25, 0.3) is 5.57 Å². The van der Waals surface area contributed by atoms with E-state index in [1.807, 2.05) is 0 Å². The Labute approximate surface area is 117 Å². The number of halogens is 2. The highest BCUT2D eigenvalue weighted by Gasteiger charge is 2.14. The summed E-state index contributed by atoms with van der Waals surface area (Å²) in [5.41, 5.74) is 0.761. The molecule has 0 saturated carbocycles. The maximum Gasteiger partial charge on any atom is 0.246 e. The monoisotopic (exact) mass is 280 g/mol. The van der Waals surface area contributed by atoms with Crippen LogP contribution in [-0.4, -0.2) is 37.0 Å². The number of hydrogen-bond acceptors (Lipinski definition) is 2. The standard InChI is InChI=1S/C15H18F2N2O/c1-11(13-4-3-12(16)10-14(13)17)9-15(20)19-7-2-5-18-6-8-19/h3-4,9-10,18H,2,5-8H2,1H3/b11-9-. The van der Waals surface area contributed by atoms with Crippen LogP contribution >= 0.6 is 0 Å². The Hall–Kier alpha value is -1.75. The Morgan fingerprint density at radius 3 is 2.85 bits per heavy atom. The summed E-state index contributed by atoms with van der Waals surface area (Å²) >= 11 is 0. The average Bonchev–Trinajstić information content (AvgIpc) is 2.67. The van der Waals surface area contributed by atoms with Crippen LogP contribution in [0.3, 0.4) is 0 Å². The van der Waals surface area contributed by atoms with E-state index in [0.717, 1.165) is 25.6 Å². The van der Waals surface area contributed by atoms with Crippen molar-refractivity contribution in [3.63, 3.8) is 0 Å². The molecule has 0 spiro atoms. The molecule has 1 heterocycles. The van der Waals surface area contributed by atoms with E-state index in [9.17, 15) is 13.6 Å². The van der Waals surface area contributed by atoms with Crippen molar-refractivity contribution in [2.45, 2.75) is 13.3 Å². The van der Waals surface area contributed by atoms with Crippen molar-refractivity contribution in [2.24, 2.45) is 0 Å². The SMILES string of the molecule is C/C(=C/C(=O)N1CCCNCC1)c1ccc(F)cc1F. The van der Waals surface area contributed by atoms with Crippen LogP contribution in [0, 0.1) is 11.6 Å². The van der Waals surface area contributed by atoms with Crippen molar-refractivity contribution in [1.82, 2.24) is 10.2 Å². The second-order valence-electron chi connectivity index (χ2n) is 4.88. The van der Waals surface area contributed by atoms with Gasteiger partial charge in [-0.25, -0.2) is 8.78 Å². The third kappa shape index (κ3) is 3.63. The molecule has 1 amide bonds. The predicted octanol–water partition coefficient (Wildman–Crippen LogP) is 2.19. The molecule has 0 aromatic heterocycles. The minimum atomic E-state index is -0.649. The summed E-state index contributed by atoms with van der Waals surface area (Å²) in [7, 11) is 0. The third-order valence-electron chi connectivity index (χ3n) is 3.35. The topological polar surface area (TPSA) is 32.3 Å². The van der Waals surface area contributed by atoms with Gasteiger partial charge in [0.05, 0.1) is 0 Å². The molecule has 0 bridgehead atoms. The van der Waals surface area contributed by atoms with Crippen molar-refractivity contribution < 1.29 is 13.6 Å². The van der Waals surface area contributed by atoms with E-state index in [-0.39, 0.29) is 11.5 Å². The molecule has 1 aliphatic heterocycles. The van der Waals surface area contributed by atoms with E-state index in [1.54, 1.807) is 11.8 Å². The van der Waals surface area contributed by atoms with Gasteiger partial charge in [-0.15, -0.1) is 0 Å². The number of nitrogens with one attached hydrogen (secondary N) is 1. The first kappa shape index (κ1) is 14.7. The van der Waals surface area contributed by atoms with E-state index < -0.39 is 11.6 Å². The molecule has 3 nitrogen and oxygen atoms in total. The molecule has 1 N–H and O–H groups in total. The summed E-state index contributed by atoms with van der Waals surface area (Å²) in [6, 6.07) is 3.37. The largest absolute Gasteiger partial charge is 0.338 e. The van der Waals surface area contributed by atoms with E-state index >= 15 is 0 Å². The molecule has 1 saturated heterocycles. The molecule has 1 aromatic carbocycles. The van der Waals surface area contributed by atoms with Gasteiger partial charge in [0.25, 0.3) is 0 Å². The number of benzene rings is 1. The fraction of sp³-hybridized carbons (Fsp3) is 0.400. The van der Waals surface area contributed by atoms with Crippen LogP contribution in [0.4, 0.5) is 8.78 Å². The summed E-state index contributed by atoms with van der Waals surface area (Å²) in [4.78, 5) is 13.9. The number of hydrogen-bond donors (Lipinski definition) is 1. The molecule has 1 fully saturated rings. The third-order valence-corrected chi connectivity index (χ3v) is 3.35. The Balaban J connectivity index is 2.14. The smallest absolute Gasteiger partial charge is 0.246 e. The van der Waals surface area contributed by atoms with Crippen LogP contribution in [-0.2, 0) is 4.79 Å². The highest BCUT2D eigenvalue weighted by molar-refractivity contribution is 5.94. The van der Waals surface area contributed by atoms with Crippen molar-refractivity contribution >= 4 is 11.5 Å². The Bertz CT molecular complexity index is 521. The summed E-state index contributed by atoms with van der Waals surface area (Å²) in [5, 5.41) is 3.22. The number of nitrogens with zero attached hydrogens (tertiary/aromatic N) is 1. The lowest BCUT2D eigenvalue weighted by Crippen LogP contribution is -2.33. The van der Waals surface area contributed by atoms with Crippen molar-refractivity contribution in [1.29, 1.82) is 0 Å². The van der Waals surface area contributed by atoms with Crippen molar-refractivity contribution in [2.75, 3.05) is 26.2 Å². The molecular formula is C15H18F2N2O. The molecule has 0 atom stereocenters. The molecular weight excluding hydrogens is 262 g/mol. The first-order valence-electron chi connectivity index (χ1n) is 6.71. The van der Waals surface area contributed by atoms with Gasteiger partial charge in [0, 0.05) is 37.3 Å². The molecule has 1 aromatic rings. The maximum absolute atomic E-state index is 13.6. The van der Waals surface area contributed by atoms with Gasteiger partial charge in [-0.3, -0.25) is 4.79 Å². The Kier molecular flexibility index (Phi) is 4.84. The van der Waals surface area contributed by atoms with Gasteiger partial charge in [0.15, 0.2) is 0 Å². The highest BCUT2D eigenvalue weighted by atomic mass is 19.1. The van der Waals surface area contributed by atoms with Crippen LogP contribution in [0.15, 0.2) is 24.3 Å². The van der Waals surface area contributed by atoms with Gasteiger partial charge in [0.2, 0.25) is 5.91 Å². The summed E-state index contributed by atoms with van der Waals surface area (Å²) in [6.45, 7) is 4.67. The first-order valence-corrected chi connectivity index (χ1v) is 6.71. The second kappa shape index (κ2) is 6.61. The molecule has 1 aliphatic rings. The van der Waals surface area contributed by atoms with Crippen molar-refractivity contribution in [3.8, 4) is 0 Å². The van der Waals surface area contributed by atoms with Gasteiger partial charge in [-0.05, 0) is 37.6 Å². The zero-order chi connectivity index (χ0) is 14.5. The molecule has 0 radical (unpaired) electrons. The fourth-order valence-corrected chi connectivity index (χ4v) is 2.23. The summed E-state index contributed by atoms with van der Waals surface area (Å²) in [5.74, 6) is -1.40. The lowest BCUT2D eigenvalue weighted by atomic mass is 10.1. The summed E-state index contributed by atoms with van der Waals surface area (Å²) < 4.78 is 26.5. The number of rotatable bonds is 2. The van der Waals surface area contributed by atoms with E-state index in [2.05, 4.69) is 5.32 Å². The van der Waals surface area contributed by atoms with Gasteiger partial charge in [-0.2, -0.15) is 0 Å². The van der Waals surface area contributed by atoms with Gasteiger partial charge in [0.1, 0.15) is 11.6 Å². The Morgan fingerprint density at radius 2 is 2.10 bits per heavy atom. The van der Waals surface area contributed by atoms with Gasteiger partial charge >= 0.3 is 0 Å². The zero-order valence-electron chi connectivity index (χ0n) is 11.5. The number of amides is 1. The normalized spacial score (nSPS) is 16.9. The minimum absolute atomic E-state index is 0.130. The van der Waals surface area contributed by atoms with E-state index in [1.165, 1.54) is 18.2 Å². The molecule has 108 valence electrons. The molecule has 20 heavy (non-hydrogen) atoms. The molecule has 2 rings (SSSR count). The lowest BCUT2D eigenvalue weighted by Gasteiger charge is -2.18. The van der Waals surface area contributed by atoms with E-state index in [4.69, 9.17) is 0 Å². The van der Waals surface area contributed by atoms with Gasteiger partial charge < -0.3 is 10.2 Å². The number of carbonyl (C=O) groups is 1. The lowest BCUT2D eigenvalue weighted by molar-refractivity contribution is -0.125. The van der Waals surface area contributed by atoms with Crippen molar-refractivity contribution in [3.05, 3.63) is 41.5 Å². The second-order valence-corrected chi connectivity index (χ2v) is 4.88. The average molecular weight is 280 g/mol. The molecule has 0 aliphatic carbocycles. The Morgan fingerprint density at radius 1 is 1.30 bits per heavy atom. The van der Waals surface area contributed by atoms with Crippen LogP contribution < -0.4 is 5.32 Å². The highest BCUT2D eigenvalue weighted by Crippen LogP contribution is 2.19. The zero-order valence-corrected chi connectivity index (χ0v) is 11.5. The quantitative estimate of drug-likeness (QED) is 0.842. The van der Waals surface area contributed by atoms with Crippen LogP contribution in [0.5, 0.6) is 0 Å². The molecule has 5 heteroatoms. The van der Waals surface area contributed by atoms with Crippen LogP contribution in [0.1, 0.15) is 18.9 Å². The minimum Gasteiger partial charge on any atom is -0.338 e. The number of allylic oxidation sites excluding steroid dienone is 1. The summed E-state index contributed by atoms with van der Waals surface area (Å²) in [6.07, 6.45) is 2.32. The maximum atomic E-state index is 13.6. The fourth-order valence-electron chi connectivity index (χ4n) is 2.23. The predicted molar refractivity (Wildman–Crippen MR) is 74.1 cm³/mol.